The van der Waals surface area contributed by atoms with Gasteiger partial charge in [-0.05, 0) is 18.7 Å². The molecule has 0 saturated heterocycles. The number of hydrogen-bond acceptors (Lipinski definition) is 7. The van der Waals surface area contributed by atoms with Crippen LogP contribution in [0.25, 0.3) is 0 Å². The lowest BCUT2D eigenvalue weighted by atomic mass is 10.5. The summed E-state index contributed by atoms with van der Waals surface area (Å²) in [5.74, 6) is 1.27. The predicted molar refractivity (Wildman–Crippen MR) is 75.9 cm³/mol. The second-order valence-corrected chi connectivity index (χ2v) is 4.75. The van der Waals surface area contributed by atoms with Crippen LogP contribution in [-0.4, -0.2) is 33.6 Å². The lowest BCUT2D eigenvalue weighted by molar-refractivity contribution is 0.128. The van der Waals surface area contributed by atoms with Crippen molar-refractivity contribution in [2.45, 2.75) is 23.7 Å². The van der Waals surface area contributed by atoms with Crippen molar-refractivity contribution in [1.82, 2.24) is 19.9 Å². The second-order valence-electron chi connectivity index (χ2n) is 3.74. The molecule has 0 saturated carbocycles. The molecular formula is C12H15N5O2S. The van der Waals surface area contributed by atoms with Gasteiger partial charge in [-0.2, -0.15) is 0 Å². The van der Waals surface area contributed by atoms with Crippen LogP contribution in [0.5, 0.6) is 0 Å². The molecule has 0 bridgehead atoms. The van der Waals surface area contributed by atoms with Crippen molar-refractivity contribution in [2.24, 2.45) is 0 Å². The number of aromatic amines is 1. The molecule has 2 heterocycles. The summed E-state index contributed by atoms with van der Waals surface area (Å²) in [6.45, 7) is 2.86. The van der Waals surface area contributed by atoms with Gasteiger partial charge < -0.3 is 15.0 Å². The average Bonchev–Trinajstić information content (AvgIpc) is 2.45. The van der Waals surface area contributed by atoms with E-state index in [4.69, 9.17) is 4.74 Å². The number of nitrogens with zero attached hydrogens (tertiary/aromatic N) is 3. The van der Waals surface area contributed by atoms with Gasteiger partial charge in [-0.25, -0.2) is 15.0 Å². The normalized spacial score (nSPS) is 10.5. The highest BCUT2D eigenvalue weighted by Gasteiger charge is 2.07. The summed E-state index contributed by atoms with van der Waals surface area (Å²) in [6, 6.07) is 3.15. The van der Waals surface area contributed by atoms with Gasteiger partial charge >= 0.3 is 0 Å². The van der Waals surface area contributed by atoms with Crippen LogP contribution in [0, 0.1) is 0 Å². The molecule has 0 radical (unpaired) electrons. The molecule has 2 N–H and O–H groups in total. The predicted octanol–water partition coefficient (Wildman–Crippen LogP) is 1.29. The fraction of sp³-hybridized carbons (Fsp3) is 0.333. The highest BCUT2D eigenvalue weighted by Crippen LogP contribution is 2.23. The zero-order valence-corrected chi connectivity index (χ0v) is 12.0. The molecule has 0 amide bonds. The van der Waals surface area contributed by atoms with E-state index in [1.54, 1.807) is 13.1 Å². The van der Waals surface area contributed by atoms with Gasteiger partial charge in [0.1, 0.15) is 17.5 Å². The van der Waals surface area contributed by atoms with Crippen molar-refractivity contribution >= 4 is 17.6 Å². The van der Waals surface area contributed by atoms with Gasteiger partial charge in [0.15, 0.2) is 11.0 Å². The third kappa shape index (κ3) is 4.04. The monoisotopic (exact) mass is 293 g/mol. The number of aromatic nitrogens is 4. The third-order valence-corrected chi connectivity index (χ3v) is 3.11. The van der Waals surface area contributed by atoms with Gasteiger partial charge in [0.2, 0.25) is 0 Å². The Hall–Kier alpha value is -1.93. The lowest BCUT2D eigenvalue weighted by Crippen LogP contribution is -2.06. The second kappa shape index (κ2) is 7.01. The molecule has 7 nitrogen and oxygen atoms in total. The van der Waals surface area contributed by atoms with Crippen molar-refractivity contribution in [1.29, 1.82) is 0 Å². The molecule has 0 unspecified atom stereocenters. The van der Waals surface area contributed by atoms with E-state index in [1.165, 1.54) is 24.0 Å². The van der Waals surface area contributed by atoms with Crippen LogP contribution in [0.4, 0.5) is 5.82 Å². The van der Waals surface area contributed by atoms with Crippen LogP contribution >= 0.6 is 11.8 Å². The van der Waals surface area contributed by atoms with Gasteiger partial charge in [0.05, 0.1) is 0 Å². The molecule has 2 aromatic heterocycles. The molecular weight excluding hydrogens is 278 g/mol. The maximum absolute atomic E-state index is 11.2. The molecule has 0 aliphatic heterocycles. The molecule has 2 aromatic rings. The van der Waals surface area contributed by atoms with E-state index in [0.29, 0.717) is 35.0 Å². The summed E-state index contributed by atoms with van der Waals surface area (Å²) in [4.78, 5) is 26.6. The minimum atomic E-state index is -0.195. The Bertz CT molecular complexity index is 631. The van der Waals surface area contributed by atoms with Crippen LogP contribution < -0.4 is 10.9 Å². The highest BCUT2D eigenvalue weighted by molar-refractivity contribution is 7.99. The van der Waals surface area contributed by atoms with E-state index in [1.807, 2.05) is 6.92 Å². The van der Waals surface area contributed by atoms with Crippen LogP contribution in [0.1, 0.15) is 12.7 Å². The van der Waals surface area contributed by atoms with Gasteiger partial charge in [0.25, 0.3) is 5.56 Å². The van der Waals surface area contributed by atoms with Crippen LogP contribution in [-0.2, 0) is 11.3 Å². The number of hydrogen-bond donors (Lipinski definition) is 2. The summed E-state index contributed by atoms with van der Waals surface area (Å²) >= 11 is 1.27. The fourth-order valence-corrected chi connectivity index (χ4v) is 2.20. The van der Waals surface area contributed by atoms with Crippen LogP contribution in [0.3, 0.4) is 0 Å². The third-order valence-electron chi connectivity index (χ3n) is 2.29. The first-order chi connectivity index (χ1) is 9.71. The van der Waals surface area contributed by atoms with Crippen molar-refractivity contribution in [3.8, 4) is 0 Å². The maximum Gasteiger partial charge on any atom is 0.251 e. The lowest BCUT2D eigenvalue weighted by Gasteiger charge is -2.07. The number of rotatable bonds is 6. The van der Waals surface area contributed by atoms with Gasteiger partial charge in [0, 0.05) is 32.0 Å². The molecule has 0 spiro atoms. The Balaban J connectivity index is 2.23. The number of H-pyrrole nitrogens is 1. The molecule has 20 heavy (non-hydrogen) atoms. The van der Waals surface area contributed by atoms with E-state index in [0.717, 1.165) is 0 Å². The van der Waals surface area contributed by atoms with Crippen molar-refractivity contribution < 1.29 is 4.74 Å². The molecule has 0 fully saturated rings. The maximum atomic E-state index is 11.2. The summed E-state index contributed by atoms with van der Waals surface area (Å²) < 4.78 is 5.31. The number of ether oxygens (including phenoxy) is 1. The molecule has 8 heteroatoms. The van der Waals surface area contributed by atoms with E-state index in [-0.39, 0.29) is 5.56 Å². The summed E-state index contributed by atoms with van der Waals surface area (Å²) in [5.41, 5.74) is -0.195. The SMILES string of the molecule is CCOCc1nc(NC)cc(Sc2nccc(=O)[nH]2)n1. The fourth-order valence-electron chi connectivity index (χ4n) is 1.41. The summed E-state index contributed by atoms with van der Waals surface area (Å²) in [7, 11) is 1.78. The number of nitrogens with one attached hydrogen (secondary N) is 2. The van der Waals surface area contributed by atoms with E-state index in [9.17, 15) is 4.79 Å². The first kappa shape index (κ1) is 14.5. The van der Waals surface area contributed by atoms with Crippen molar-refractivity contribution in [3.05, 3.63) is 34.5 Å². The molecule has 106 valence electrons. The Kier molecular flexibility index (Phi) is 5.08. The molecule has 0 aliphatic carbocycles. The average molecular weight is 293 g/mol. The molecule has 0 aromatic carbocycles. The topological polar surface area (TPSA) is 92.8 Å². The quantitative estimate of drug-likeness (QED) is 0.612. The van der Waals surface area contributed by atoms with Crippen molar-refractivity contribution in [2.75, 3.05) is 19.0 Å². The van der Waals surface area contributed by atoms with E-state index < -0.39 is 0 Å². The highest BCUT2D eigenvalue weighted by atomic mass is 32.2. The number of anilines is 1. The largest absolute Gasteiger partial charge is 0.374 e. The van der Waals surface area contributed by atoms with E-state index >= 15 is 0 Å². The smallest absolute Gasteiger partial charge is 0.251 e. The molecule has 2 rings (SSSR count). The standard InChI is InChI=1S/C12H15N5O2S/c1-3-19-7-9-15-8(13-2)6-11(16-9)20-12-14-5-4-10(18)17-12/h4-6H,3,7H2,1-2H3,(H,13,15,16)(H,14,17,18). The Morgan fingerprint density at radius 1 is 1.45 bits per heavy atom. The van der Waals surface area contributed by atoms with Gasteiger partial charge in [-0.3, -0.25) is 4.79 Å². The minimum absolute atomic E-state index is 0.195. The Morgan fingerprint density at radius 2 is 2.30 bits per heavy atom. The summed E-state index contributed by atoms with van der Waals surface area (Å²) in [6.07, 6.45) is 1.46. The zero-order valence-electron chi connectivity index (χ0n) is 11.2. The van der Waals surface area contributed by atoms with Crippen LogP contribution in [0.15, 0.2) is 33.3 Å². The Labute approximate surface area is 120 Å². The van der Waals surface area contributed by atoms with Gasteiger partial charge in [-0.15, -0.1) is 0 Å². The first-order valence-electron chi connectivity index (χ1n) is 6.08. The van der Waals surface area contributed by atoms with Crippen LogP contribution in [0.2, 0.25) is 0 Å². The van der Waals surface area contributed by atoms with Gasteiger partial charge in [-0.1, -0.05) is 0 Å². The first-order valence-corrected chi connectivity index (χ1v) is 6.89. The summed E-state index contributed by atoms with van der Waals surface area (Å²) in [5, 5.41) is 4.14. The molecule has 0 atom stereocenters. The van der Waals surface area contributed by atoms with Crippen molar-refractivity contribution in [3.63, 3.8) is 0 Å². The minimum Gasteiger partial charge on any atom is -0.374 e. The Morgan fingerprint density at radius 3 is 3.00 bits per heavy atom. The molecule has 0 aliphatic rings. The zero-order chi connectivity index (χ0) is 14.4. The van der Waals surface area contributed by atoms with E-state index in [2.05, 4.69) is 25.3 Å².